The number of methoxy groups -OCH3 is 1. The standard InChI is InChI=1S/C9H20O.C2H6/c1-5-8-9(6-2,7-3)10-4;1-2/h5-8H2,1-4H3;1-2H3. The Morgan fingerprint density at radius 1 is 1.00 bits per heavy atom. The normalized spacial score (nSPS) is 10.5. The Balaban J connectivity index is 0. The summed E-state index contributed by atoms with van der Waals surface area (Å²) in [6, 6.07) is 0. The van der Waals surface area contributed by atoms with Gasteiger partial charge in [-0.15, -0.1) is 0 Å². The van der Waals surface area contributed by atoms with Crippen LogP contribution in [0.15, 0.2) is 0 Å². The molecular formula is C11H26O. The quantitative estimate of drug-likeness (QED) is 0.611. The molecule has 0 N–H and O–H groups in total. The lowest BCUT2D eigenvalue weighted by atomic mass is 9.92. The van der Waals surface area contributed by atoms with E-state index in [0.29, 0.717) is 0 Å². The van der Waals surface area contributed by atoms with Gasteiger partial charge >= 0.3 is 0 Å². The topological polar surface area (TPSA) is 9.23 Å². The molecule has 0 saturated heterocycles. The first-order chi connectivity index (χ1) is 5.74. The zero-order chi connectivity index (χ0) is 10.0. The molecule has 1 heteroatoms. The fourth-order valence-electron chi connectivity index (χ4n) is 1.45. The van der Waals surface area contributed by atoms with Gasteiger partial charge in [0.1, 0.15) is 0 Å². The Bertz CT molecular complexity index is 66.8. The van der Waals surface area contributed by atoms with Crippen molar-refractivity contribution in [2.24, 2.45) is 0 Å². The number of hydrogen-bond acceptors (Lipinski definition) is 1. The summed E-state index contributed by atoms with van der Waals surface area (Å²) in [4.78, 5) is 0. The van der Waals surface area contributed by atoms with E-state index in [2.05, 4.69) is 20.8 Å². The van der Waals surface area contributed by atoms with Gasteiger partial charge in [-0.25, -0.2) is 0 Å². The third-order valence-corrected chi connectivity index (χ3v) is 2.43. The van der Waals surface area contributed by atoms with E-state index >= 15 is 0 Å². The maximum atomic E-state index is 5.48. The van der Waals surface area contributed by atoms with Gasteiger partial charge in [-0.3, -0.25) is 0 Å². The fourth-order valence-corrected chi connectivity index (χ4v) is 1.45. The van der Waals surface area contributed by atoms with E-state index in [9.17, 15) is 0 Å². The molecule has 0 rings (SSSR count). The van der Waals surface area contributed by atoms with Crippen molar-refractivity contribution in [1.82, 2.24) is 0 Å². The Kier molecular flexibility index (Phi) is 10.9. The lowest BCUT2D eigenvalue weighted by molar-refractivity contribution is -0.0241. The van der Waals surface area contributed by atoms with E-state index in [4.69, 9.17) is 4.74 Å². The zero-order valence-corrected chi connectivity index (χ0v) is 9.74. The predicted molar refractivity (Wildman–Crippen MR) is 56.6 cm³/mol. The Labute approximate surface area is 78.5 Å². The van der Waals surface area contributed by atoms with E-state index < -0.39 is 0 Å². The average molecular weight is 174 g/mol. The molecule has 12 heavy (non-hydrogen) atoms. The third-order valence-electron chi connectivity index (χ3n) is 2.43. The maximum absolute atomic E-state index is 5.48. The van der Waals surface area contributed by atoms with Crippen LogP contribution in [0.5, 0.6) is 0 Å². The van der Waals surface area contributed by atoms with Gasteiger partial charge in [0.2, 0.25) is 0 Å². The summed E-state index contributed by atoms with van der Waals surface area (Å²) in [7, 11) is 1.82. The minimum absolute atomic E-state index is 0.175. The van der Waals surface area contributed by atoms with Crippen molar-refractivity contribution in [3.05, 3.63) is 0 Å². The van der Waals surface area contributed by atoms with Crippen LogP contribution in [0.1, 0.15) is 60.3 Å². The van der Waals surface area contributed by atoms with Crippen LogP contribution in [0.25, 0.3) is 0 Å². The molecule has 0 aliphatic rings. The monoisotopic (exact) mass is 174 g/mol. The predicted octanol–water partition coefficient (Wildman–Crippen LogP) is 4.02. The molecule has 0 unspecified atom stereocenters. The molecule has 0 bridgehead atoms. The van der Waals surface area contributed by atoms with Gasteiger partial charge in [0, 0.05) is 7.11 Å². The molecule has 0 heterocycles. The molecule has 0 aliphatic heterocycles. The summed E-state index contributed by atoms with van der Waals surface area (Å²) < 4.78 is 5.48. The summed E-state index contributed by atoms with van der Waals surface area (Å²) in [5.41, 5.74) is 0.175. The van der Waals surface area contributed by atoms with Crippen LogP contribution in [0.3, 0.4) is 0 Å². The maximum Gasteiger partial charge on any atom is 0.0673 e. The fraction of sp³-hybridized carbons (Fsp3) is 1.00. The molecule has 0 aliphatic carbocycles. The van der Waals surface area contributed by atoms with E-state index in [-0.39, 0.29) is 5.60 Å². The van der Waals surface area contributed by atoms with Crippen molar-refractivity contribution in [3.63, 3.8) is 0 Å². The van der Waals surface area contributed by atoms with Crippen molar-refractivity contribution in [3.8, 4) is 0 Å². The van der Waals surface area contributed by atoms with Crippen molar-refractivity contribution in [2.45, 2.75) is 65.9 Å². The Morgan fingerprint density at radius 2 is 1.42 bits per heavy atom. The molecule has 0 atom stereocenters. The molecule has 0 aromatic carbocycles. The molecular weight excluding hydrogens is 148 g/mol. The molecule has 0 spiro atoms. The van der Waals surface area contributed by atoms with Crippen molar-refractivity contribution in [2.75, 3.05) is 7.11 Å². The highest BCUT2D eigenvalue weighted by Crippen LogP contribution is 2.24. The molecule has 0 saturated carbocycles. The lowest BCUT2D eigenvalue weighted by Gasteiger charge is -2.29. The van der Waals surface area contributed by atoms with Crippen LogP contribution in [0, 0.1) is 0 Å². The number of rotatable bonds is 5. The summed E-state index contributed by atoms with van der Waals surface area (Å²) in [6.45, 7) is 10.6. The van der Waals surface area contributed by atoms with Gasteiger partial charge in [0.25, 0.3) is 0 Å². The molecule has 1 nitrogen and oxygen atoms in total. The largest absolute Gasteiger partial charge is 0.378 e. The van der Waals surface area contributed by atoms with Gasteiger partial charge in [0.05, 0.1) is 5.60 Å². The molecule has 0 aromatic rings. The van der Waals surface area contributed by atoms with Crippen LogP contribution in [-0.2, 0) is 4.74 Å². The van der Waals surface area contributed by atoms with Crippen LogP contribution < -0.4 is 0 Å². The lowest BCUT2D eigenvalue weighted by Crippen LogP contribution is -2.29. The van der Waals surface area contributed by atoms with Crippen molar-refractivity contribution >= 4 is 0 Å². The second kappa shape index (κ2) is 9.05. The third kappa shape index (κ3) is 4.76. The van der Waals surface area contributed by atoms with Gasteiger partial charge in [-0.05, 0) is 19.3 Å². The second-order valence-corrected chi connectivity index (χ2v) is 2.84. The van der Waals surface area contributed by atoms with Crippen molar-refractivity contribution < 1.29 is 4.74 Å². The van der Waals surface area contributed by atoms with E-state index in [1.165, 1.54) is 12.8 Å². The van der Waals surface area contributed by atoms with Gasteiger partial charge in [-0.2, -0.15) is 0 Å². The van der Waals surface area contributed by atoms with E-state index in [0.717, 1.165) is 12.8 Å². The van der Waals surface area contributed by atoms with Crippen molar-refractivity contribution in [1.29, 1.82) is 0 Å². The highest BCUT2D eigenvalue weighted by Gasteiger charge is 2.23. The Morgan fingerprint density at radius 3 is 1.50 bits per heavy atom. The Hall–Kier alpha value is -0.0400. The van der Waals surface area contributed by atoms with Gasteiger partial charge in [-0.1, -0.05) is 41.0 Å². The summed E-state index contributed by atoms with van der Waals surface area (Å²) >= 11 is 0. The molecule has 76 valence electrons. The highest BCUT2D eigenvalue weighted by molar-refractivity contribution is 4.75. The molecule has 0 fully saturated rings. The van der Waals surface area contributed by atoms with Crippen LogP contribution in [-0.4, -0.2) is 12.7 Å². The second-order valence-electron chi connectivity index (χ2n) is 2.84. The first-order valence-corrected chi connectivity index (χ1v) is 5.29. The first-order valence-electron chi connectivity index (χ1n) is 5.29. The van der Waals surface area contributed by atoms with Crippen LogP contribution >= 0.6 is 0 Å². The van der Waals surface area contributed by atoms with E-state index in [1.54, 1.807) is 0 Å². The minimum Gasteiger partial charge on any atom is -0.378 e. The zero-order valence-electron chi connectivity index (χ0n) is 9.74. The van der Waals surface area contributed by atoms with Crippen LogP contribution in [0.4, 0.5) is 0 Å². The summed E-state index contributed by atoms with van der Waals surface area (Å²) in [5.74, 6) is 0. The molecule has 0 radical (unpaired) electrons. The first kappa shape index (κ1) is 14.5. The van der Waals surface area contributed by atoms with Gasteiger partial charge < -0.3 is 4.74 Å². The number of ether oxygens (including phenoxy) is 1. The SMILES string of the molecule is CC.CCCC(CC)(CC)OC. The molecule has 0 aromatic heterocycles. The van der Waals surface area contributed by atoms with Gasteiger partial charge in [0.15, 0.2) is 0 Å². The van der Waals surface area contributed by atoms with Crippen LogP contribution in [0.2, 0.25) is 0 Å². The molecule has 0 amide bonds. The smallest absolute Gasteiger partial charge is 0.0673 e. The average Bonchev–Trinajstić information content (AvgIpc) is 2.18. The summed E-state index contributed by atoms with van der Waals surface area (Å²) in [5, 5.41) is 0. The highest BCUT2D eigenvalue weighted by atomic mass is 16.5. The minimum atomic E-state index is 0.175. The van der Waals surface area contributed by atoms with E-state index in [1.807, 2.05) is 21.0 Å². The summed E-state index contributed by atoms with van der Waals surface area (Å²) in [6.07, 6.45) is 4.67. The number of hydrogen-bond donors (Lipinski definition) is 0.